The summed E-state index contributed by atoms with van der Waals surface area (Å²) < 4.78 is 0. The zero-order valence-corrected chi connectivity index (χ0v) is 10.3. The van der Waals surface area contributed by atoms with Crippen LogP contribution in [0.4, 0.5) is 0 Å². The van der Waals surface area contributed by atoms with E-state index in [1.54, 1.807) is 12.3 Å². The van der Waals surface area contributed by atoms with Crippen molar-refractivity contribution >= 4 is 5.78 Å². The number of hydrogen-bond acceptors (Lipinski definition) is 3. The highest BCUT2D eigenvalue weighted by Gasteiger charge is 2.30. The number of nitrogens with zero attached hydrogens (tertiary/aromatic N) is 2. The zero-order chi connectivity index (χ0) is 12.5. The number of aryl methyl sites for hydroxylation is 2. The number of carbonyl (C=O) groups excluding carboxylic acids is 1. The quantitative estimate of drug-likeness (QED) is 0.755. The number of hydrogen-bond donors (Lipinski definition) is 0. The fourth-order valence-corrected chi connectivity index (χ4v) is 2.53. The van der Waals surface area contributed by atoms with E-state index in [2.05, 4.69) is 16.0 Å². The Morgan fingerprint density at radius 3 is 3.00 bits per heavy atom. The van der Waals surface area contributed by atoms with Crippen LogP contribution in [0.2, 0.25) is 0 Å². The number of aromatic nitrogens is 2. The summed E-state index contributed by atoms with van der Waals surface area (Å²) in [5.74, 6) is -0.0216. The van der Waals surface area contributed by atoms with Crippen molar-refractivity contribution in [2.75, 3.05) is 0 Å². The molecule has 0 fully saturated rings. The fourth-order valence-electron chi connectivity index (χ4n) is 2.53. The third kappa shape index (κ3) is 1.82. The Bertz CT molecular complexity index is 607. The van der Waals surface area contributed by atoms with Crippen molar-refractivity contribution in [2.45, 2.75) is 25.7 Å². The van der Waals surface area contributed by atoms with Crippen molar-refractivity contribution < 1.29 is 4.79 Å². The molecule has 1 aliphatic carbocycles. The topological polar surface area (TPSA) is 42.9 Å². The van der Waals surface area contributed by atoms with Gasteiger partial charge in [0.05, 0.1) is 11.6 Å². The molecule has 0 amide bonds. The number of pyridine rings is 2. The summed E-state index contributed by atoms with van der Waals surface area (Å²) in [7, 11) is 0. The van der Waals surface area contributed by atoms with Gasteiger partial charge in [-0.25, -0.2) is 0 Å². The van der Waals surface area contributed by atoms with E-state index in [-0.39, 0.29) is 11.7 Å². The van der Waals surface area contributed by atoms with Crippen LogP contribution in [0.3, 0.4) is 0 Å². The smallest absolute Gasteiger partial charge is 0.190 e. The van der Waals surface area contributed by atoms with Crippen LogP contribution in [-0.2, 0) is 6.42 Å². The SMILES string of the molecule is Cc1cccc(C(=O)C2CCc3cccnc32)n1. The number of carbonyl (C=O) groups is 1. The van der Waals surface area contributed by atoms with Crippen LogP contribution in [0.5, 0.6) is 0 Å². The summed E-state index contributed by atoms with van der Waals surface area (Å²) in [6, 6.07) is 9.55. The van der Waals surface area contributed by atoms with E-state index in [1.165, 1.54) is 5.56 Å². The van der Waals surface area contributed by atoms with Gasteiger partial charge in [-0.1, -0.05) is 12.1 Å². The summed E-state index contributed by atoms with van der Waals surface area (Å²) in [6.45, 7) is 1.90. The molecule has 1 aliphatic rings. The third-order valence-corrected chi connectivity index (χ3v) is 3.42. The van der Waals surface area contributed by atoms with Crippen LogP contribution in [0.15, 0.2) is 36.5 Å². The maximum Gasteiger partial charge on any atom is 0.190 e. The molecule has 0 aliphatic heterocycles. The molecule has 1 unspecified atom stereocenters. The number of ketones is 1. The summed E-state index contributed by atoms with van der Waals surface area (Å²) >= 11 is 0. The Labute approximate surface area is 106 Å². The molecule has 18 heavy (non-hydrogen) atoms. The molecule has 3 rings (SSSR count). The van der Waals surface area contributed by atoms with E-state index in [4.69, 9.17) is 0 Å². The normalized spacial score (nSPS) is 17.5. The van der Waals surface area contributed by atoms with Gasteiger partial charge in [-0.15, -0.1) is 0 Å². The van der Waals surface area contributed by atoms with Gasteiger partial charge in [-0.05, 0) is 43.5 Å². The van der Waals surface area contributed by atoms with E-state index in [0.29, 0.717) is 5.69 Å². The molecule has 0 saturated heterocycles. The van der Waals surface area contributed by atoms with Gasteiger partial charge < -0.3 is 0 Å². The molecule has 2 aromatic heterocycles. The maximum absolute atomic E-state index is 12.5. The summed E-state index contributed by atoms with van der Waals surface area (Å²) in [4.78, 5) is 21.1. The molecule has 2 aromatic rings. The largest absolute Gasteiger partial charge is 0.292 e. The predicted octanol–water partition coefficient (Wildman–Crippen LogP) is 2.70. The van der Waals surface area contributed by atoms with E-state index in [0.717, 1.165) is 24.2 Å². The average molecular weight is 238 g/mol. The van der Waals surface area contributed by atoms with Crippen LogP contribution >= 0.6 is 0 Å². The molecule has 0 aromatic carbocycles. The van der Waals surface area contributed by atoms with Crippen molar-refractivity contribution in [3.63, 3.8) is 0 Å². The highest BCUT2D eigenvalue weighted by atomic mass is 16.1. The Kier molecular flexibility index (Phi) is 2.67. The first-order valence-corrected chi connectivity index (χ1v) is 6.17. The number of fused-ring (bicyclic) bond motifs is 1. The lowest BCUT2D eigenvalue weighted by Gasteiger charge is -2.09. The Morgan fingerprint density at radius 1 is 1.28 bits per heavy atom. The van der Waals surface area contributed by atoms with Crippen LogP contribution in [0, 0.1) is 6.92 Å². The lowest BCUT2D eigenvalue weighted by molar-refractivity contribution is 0.0953. The van der Waals surface area contributed by atoms with Crippen LogP contribution in [0.25, 0.3) is 0 Å². The molecular weight excluding hydrogens is 224 g/mol. The minimum absolute atomic E-state index is 0.0937. The standard InChI is InChI=1S/C15H14N2O/c1-10-4-2-6-13(17-10)15(18)12-8-7-11-5-3-9-16-14(11)12/h2-6,9,12H,7-8H2,1H3. The molecule has 0 spiro atoms. The second-order valence-electron chi connectivity index (χ2n) is 4.67. The van der Waals surface area contributed by atoms with Crippen LogP contribution in [-0.4, -0.2) is 15.8 Å². The highest BCUT2D eigenvalue weighted by molar-refractivity contribution is 5.99. The Hall–Kier alpha value is -2.03. The molecule has 3 heteroatoms. The first kappa shape index (κ1) is 11.1. The van der Waals surface area contributed by atoms with Crippen molar-refractivity contribution in [2.24, 2.45) is 0 Å². The predicted molar refractivity (Wildman–Crippen MR) is 68.6 cm³/mol. The summed E-state index contributed by atoms with van der Waals surface area (Å²) in [5.41, 5.74) is 3.56. The van der Waals surface area contributed by atoms with Gasteiger partial charge in [0, 0.05) is 11.9 Å². The molecule has 90 valence electrons. The van der Waals surface area contributed by atoms with E-state index in [9.17, 15) is 4.79 Å². The first-order chi connectivity index (χ1) is 8.75. The van der Waals surface area contributed by atoms with Gasteiger partial charge in [0.1, 0.15) is 5.69 Å². The lowest BCUT2D eigenvalue weighted by Crippen LogP contribution is -2.13. The second kappa shape index (κ2) is 4.33. The van der Waals surface area contributed by atoms with E-state index < -0.39 is 0 Å². The van der Waals surface area contributed by atoms with Crippen molar-refractivity contribution in [1.82, 2.24) is 9.97 Å². The molecular formula is C15H14N2O. The van der Waals surface area contributed by atoms with Gasteiger partial charge in [0.2, 0.25) is 0 Å². The van der Waals surface area contributed by atoms with Gasteiger partial charge >= 0.3 is 0 Å². The van der Waals surface area contributed by atoms with Gasteiger partial charge in [0.15, 0.2) is 5.78 Å². The monoisotopic (exact) mass is 238 g/mol. The third-order valence-electron chi connectivity index (χ3n) is 3.42. The number of rotatable bonds is 2. The summed E-state index contributed by atoms with van der Waals surface area (Å²) in [5, 5.41) is 0. The fraction of sp³-hybridized carbons (Fsp3) is 0.267. The number of Topliss-reactive ketones (excluding diaryl/α,β-unsaturated/α-hetero) is 1. The molecule has 2 heterocycles. The molecule has 3 nitrogen and oxygen atoms in total. The molecule has 0 N–H and O–H groups in total. The van der Waals surface area contributed by atoms with Gasteiger partial charge in [-0.2, -0.15) is 0 Å². The second-order valence-corrected chi connectivity index (χ2v) is 4.67. The van der Waals surface area contributed by atoms with Crippen LogP contribution in [0.1, 0.15) is 39.8 Å². The van der Waals surface area contributed by atoms with Crippen LogP contribution < -0.4 is 0 Å². The van der Waals surface area contributed by atoms with Gasteiger partial charge in [0.25, 0.3) is 0 Å². The van der Waals surface area contributed by atoms with Crippen molar-refractivity contribution in [1.29, 1.82) is 0 Å². The first-order valence-electron chi connectivity index (χ1n) is 6.17. The highest BCUT2D eigenvalue weighted by Crippen LogP contribution is 2.33. The molecule has 0 saturated carbocycles. The minimum Gasteiger partial charge on any atom is -0.292 e. The van der Waals surface area contributed by atoms with E-state index in [1.807, 2.05) is 25.1 Å². The Balaban J connectivity index is 1.96. The zero-order valence-electron chi connectivity index (χ0n) is 10.3. The molecule has 1 atom stereocenters. The Morgan fingerprint density at radius 2 is 2.17 bits per heavy atom. The van der Waals surface area contributed by atoms with Gasteiger partial charge in [-0.3, -0.25) is 14.8 Å². The molecule has 0 radical (unpaired) electrons. The van der Waals surface area contributed by atoms with E-state index >= 15 is 0 Å². The maximum atomic E-state index is 12.5. The van der Waals surface area contributed by atoms with Crippen molar-refractivity contribution in [3.8, 4) is 0 Å². The lowest BCUT2D eigenvalue weighted by atomic mass is 9.98. The van der Waals surface area contributed by atoms with Crippen molar-refractivity contribution in [3.05, 3.63) is 59.2 Å². The average Bonchev–Trinajstić information content (AvgIpc) is 2.82. The molecule has 0 bridgehead atoms. The summed E-state index contributed by atoms with van der Waals surface area (Å²) in [6.07, 6.45) is 3.54. The minimum atomic E-state index is -0.115.